The van der Waals surface area contributed by atoms with E-state index in [9.17, 15) is 39.5 Å². The van der Waals surface area contributed by atoms with Crippen molar-refractivity contribution in [3.05, 3.63) is 165 Å². The summed E-state index contributed by atoms with van der Waals surface area (Å²) >= 11 is 0. The molecular weight excluding hydrogens is 952 g/mol. The summed E-state index contributed by atoms with van der Waals surface area (Å²) in [5.41, 5.74) is -1.45. The fourth-order valence-corrected chi connectivity index (χ4v) is 6.31. The van der Waals surface area contributed by atoms with Crippen LogP contribution in [0.25, 0.3) is 21.8 Å². The Morgan fingerprint density at radius 1 is 0.634 bits per heavy atom. The molecule has 71 heavy (non-hydrogen) atoms. The lowest BCUT2D eigenvalue weighted by Gasteiger charge is -2.39. The van der Waals surface area contributed by atoms with Crippen LogP contribution in [0.15, 0.2) is 131 Å². The number of nitrogens with zero attached hydrogens (tertiary/aromatic N) is 6. The molecular formula is C50H49F9N6O6. The summed E-state index contributed by atoms with van der Waals surface area (Å²) < 4.78 is 147. The number of hydrogen-bond acceptors (Lipinski definition) is 10. The Morgan fingerprint density at radius 2 is 1.04 bits per heavy atom. The second-order valence-electron chi connectivity index (χ2n) is 15.4. The molecule has 21 heteroatoms. The third kappa shape index (κ3) is 18.5. The Kier molecular flexibility index (Phi) is 22.2. The van der Waals surface area contributed by atoms with E-state index in [0.29, 0.717) is 45.4 Å². The summed E-state index contributed by atoms with van der Waals surface area (Å²) in [5, 5.41) is 26.9. The van der Waals surface area contributed by atoms with Crippen molar-refractivity contribution in [2.75, 3.05) is 82.7 Å². The first-order valence-electron chi connectivity index (χ1n) is 21.2. The van der Waals surface area contributed by atoms with Crippen molar-refractivity contribution >= 4 is 23.5 Å². The number of anilines is 2. The van der Waals surface area contributed by atoms with E-state index in [1.165, 1.54) is 37.5 Å². The first-order chi connectivity index (χ1) is 33.5. The maximum atomic E-state index is 13.6. The largest absolute Gasteiger partial charge is 0.462 e. The number of nitriles is 2. The molecule has 0 radical (unpaired) electrons. The van der Waals surface area contributed by atoms with Crippen LogP contribution in [-0.2, 0) is 23.7 Å². The van der Waals surface area contributed by atoms with Gasteiger partial charge in [0.2, 0.25) is 0 Å². The maximum absolute atomic E-state index is 13.6. The molecule has 0 unspecified atom stereocenters. The van der Waals surface area contributed by atoms with Gasteiger partial charge in [0.15, 0.2) is 5.41 Å². The van der Waals surface area contributed by atoms with Crippen LogP contribution in [0.1, 0.15) is 31.9 Å². The number of ether oxygens (including phenoxy) is 5. The van der Waals surface area contributed by atoms with E-state index in [4.69, 9.17) is 52.5 Å². The van der Waals surface area contributed by atoms with E-state index in [1.54, 1.807) is 80.6 Å². The summed E-state index contributed by atoms with van der Waals surface area (Å²) in [5.74, 6) is 1.76. The van der Waals surface area contributed by atoms with E-state index in [1.807, 2.05) is 12.1 Å². The Morgan fingerprint density at radius 3 is 1.39 bits per heavy atom. The second-order valence-corrected chi connectivity index (χ2v) is 15.4. The van der Waals surface area contributed by atoms with Crippen LogP contribution in [0.3, 0.4) is 0 Å². The van der Waals surface area contributed by atoms with Crippen LogP contribution < -0.4 is 9.80 Å². The molecule has 0 aliphatic carbocycles. The number of allylic oxidation sites excluding steroid dienone is 12. The van der Waals surface area contributed by atoms with Crippen molar-refractivity contribution in [1.82, 2.24) is 0 Å². The minimum absolute atomic E-state index is 0.0262. The van der Waals surface area contributed by atoms with E-state index >= 15 is 0 Å². The van der Waals surface area contributed by atoms with Gasteiger partial charge in [-0.15, -0.1) is 0 Å². The molecule has 0 amide bonds. The topological polar surface area (TPSA) is 129 Å². The van der Waals surface area contributed by atoms with Gasteiger partial charge in [-0.05, 0) is 104 Å². The first kappa shape index (κ1) is 58.0. The van der Waals surface area contributed by atoms with Crippen molar-refractivity contribution in [2.24, 2.45) is 5.41 Å². The number of aliphatic hydroxyl groups excluding tert-OH is 1. The van der Waals surface area contributed by atoms with Gasteiger partial charge in [0.25, 0.3) is 11.4 Å². The molecule has 12 nitrogen and oxygen atoms in total. The third-order valence-corrected chi connectivity index (χ3v) is 10.1. The SMILES string of the molecule is [C-]#[N+]/C(C#N)=C1\C=C(C)OC(/C=C/c2ccc(N(CCOCCO)CC(F)(F)F)cc2)=C1.[C-]#[N+]/C(C#N)=C1\C=C(C)OC(/C=C/c2ccc(N(CCOCCOC)CC(C)(C(F)(F)F)C(F)(F)F)cc2)=C1. The predicted molar refractivity (Wildman–Crippen MR) is 247 cm³/mol. The van der Waals surface area contributed by atoms with Gasteiger partial charge in [-0.2, -0.15) is 39.5 Å². The molecule has 0 spiro atoms. The number of methoxy groups -OCH3 is 1. The molecule has 0 bridgehead atoms. The smallest absolute Gasteiger partial charge is 0.405 e. The number of halogens is 9. The molecule has 0 atom stereocenters. The zero-order valence-electron chi connectivity index (χ0n) is 38.9. The van der Waals surface area contributed by atoms with Gasteiger partial charge in [0, 0.05) is 38.1 Å². The molecule has 0 saturated heterocycles. The average molecular weight is 1000 g/mol. The molecule has 2 heterocycles. The fourth-order valence-electron chi connectivity index (χ4n) is 6.31. The predicted octanol–water partition coefficient (Wildman–Crippen LogP) is 11.4. The summed E-state index contributed by atoms with van der Waals surface area (Å²) in [6.07, 6.45) is -2.65. The van der Waals surface area contributed by atoms with Crippen LogP contribution >= 0.6 is 0 Å². The first-order valence-corrected chi connectivity index (χ1v) is 21.2. The Bertz CT molecular complexity index is 2500. The van der Waals surface area contributed by atoms with Gasteiger partial charge in [0.1, 0.15) is 29.6 Å². The highest BCUT2D eigenvalue weighted by Gasteiger charge is 2.68. The lowest BCUT2D eigenvalue weighted by Crippen LogP contribution is -2.55. The molecule has 2 aliphatic heterocycles. The van der Waals surface area contributed by atoms with Gasteiger partial charge >= 0.3 is 18.5 Å². The highest BCUT2D eigenvalue weighted by atomic mass is 19.4. The standard InChI is InChI=1S/C27H27F6N3O3.C23H22F3N3O3/c1-19-15-21(24(17-34)35-3)16-23(39-19)10-7-20-5-8-22(9-6-20)36(11-12-38-14-13-37-4)18-25(2,26(28,29)30)27(31,32)33;1-17-13-19(22(15-27)28-2)14-21(32-17)8-5-18-3-6-20(7-4-18)29(16-23(24,25)26)9-11-31-12-10-30/h5-10,15-16H,11-14,18H2,1-2,4H3;3-8,13-14,30H,9-12,16H2,1H3/b10-7+,24-21+;8-5+,22-19+. The highest BCUT2D eigenvalue weighted by molar-refractivity contribution is 5.61. The summed E-state index contributed by atoms with van der Waals surface area (Å²) in [6, 6.07) is 16.1. The van der Waals surface area contributed by atoms with E-state index < -0.39 is 37.0 Å². The van der Waals surface area contributed by atoms with E-state index in [-0.39, 0.29) is 76.7 Å². The third-order valence-electron chi connectivity index (χ3n) is 10.1. The zero-order valence-corrected chi connectivity index (χ0v) is 38.9. The minimum Gasteiger partial charge on any atom is -0.462 e. The van der Waals surface area contributed by atoms with Crippen LogP contribution in [0, 0.1) is 41.2 Å². The molecule has 378 valence electrons. The van der Waals surface area contributed by atoms with Crippen LogP contribution in [-0.4, -0.2) is 96.6 Å². The van der Waals surface area contributed by atoms with Crippen molar-refractivity contribution in [3.8, 4) is 12.1 Å². The highest BCUT2D eigenvalue weighted by Crippen LogP contribution is 2.51. The average Bonchev–Trinajstić information content (AvgIpc) is 3.31. The van der Waals surface area contributed by atoms with E-state index in [2.05, 4.69) is 9.69 Å². The Balaban J connectivity index is 0.000000383. The van der Waals surface area contributed by atoms with Crippen LogP contribution in [0.5, 0.6) is 0 Å². The van der Waals surface area contributed by atoms with Gasteiger partial charge in [0.05, 0.1) is 64.9 Å². The summed E-state index contributed by atoms with van der Waals surface area (Å²) in [6.45, 7) is 15.2. The van der Waals surface area contributed by atoms with Crippen molar-refractivity contribution in [3.63, 3.8) is 0 Å². The number of benzene rings is 2. The summed E-state index contributed by atoms with van der Waals surface area (Å²) in [7, 11) is 1.44. The molecule has 0 saturated carbocycles. The van der Waals surface area contributed by atoms with Crippen molar-refractivity contribution < 1.29 is 68.3 Å². The molecule has 2 aliphatic rings. The van der Waals surface area contributed by atoms with Crippen LogP contribution in [0.2, 0.25) is 0 Å². The second kappa shape index (κ2) is 27.2. The number of rotatable bonds is 20. The summed E-state index contributed by atoms with van der Waals surface area (Å²) in [4.78, 5) is 8.52. The molecule has 2 aromatic carbocycles. The number of aliphatic hydroxyl groups is 1. The van der Waals surface area contributed by atoms with Crippen LogP contribution in [0.4, 0.5) is 50.9 Å². The lowest BCUT2D eigenvalue weighted by molar-refractivity contribution is -0.330. The van der Waals surface area contributed by atoms with Gasteiger partial charge in [-0.25, -0.2) is 20.2 Å². The quantitative estimate of drug-likeness (QED) is 0.0592. The zero-order chi connectivity index (χ0) is 52.8. The molecule has 0 fully saturated rings. The van der Waals surface area contributed by atoms with Crippen molar-refractivity contribution in [2.45, 2.75) is 39.3 Å². The molecule has 0 aromatic heterocycles. The van der Waals surface area contributed by atoms with Crippen molar-refractivity contribution in [1.29, 1.82) is 10.5 Å². The van der Waals surface area contributed by atoms with Gasteiger partial charge in [-0.3, -0.25) is 0 Å². The minimum atomic E-state index is -5.53. The Labute approximate surface area is 405 Å². The molecule has 4 rings (SSSR count). The lowest BCUT2D eigenvalue weighted by atomic mass is 9.88. The molecule has 1 N–H and O–H groups in total. The normalized spacial score (nSPS) is 15.5. The van der Waals surface area contributed by atoms with Gasteiger partial charge < -0.3 is 38.6 Å². The van der Waals surface area contributed by atoms with Gasteiger partial charge in [-0.1, -0.05) is 36.4 Å². The number of alkyl halides is 9. The number of hydrogen-bond donors (Lipinski definition) is 1. The molecule has 2 aromatic rings. The Hall–Kier alpha value is -7.27. The maximum Gasteiger partial charge on any atom is 0.405 e. The monoisotopic (exact) mass is 1000 g/mol. The fraction of sp³-hybridized carbons (Fsp3) is 0.360. The van der Waals surface area contributed by atoms with E-state index in [0.717, 1.165) is 15.4 Å².